The molecule has 1 saturated heterocycles. The Morgan fingerprint density at radius 2 is 1.81 bits per heavy atom. The highest BCUT2D eigenvalue weighted by molar-refractivity contribution is 6.30. The molecule has 32 heavy (non-hydrogen) atoms. The molecule has 8 heteroatoms. The smallest absolute Gasteiger partial charge is 0.330 e. The molecular weight excluding hydrogens is 426 g/mol. The number of hydrogen-bond donors (Lipinski definition) is 1. The van der Waals surface area contributed by atoms with Gasteiger partial charge in [0, 0.05) is 18.1 Å². The number of rotatable bonds is 4. The Morgan fingerprint density at radius 3 is 2.47 bits per heavy atom. The van der Waals surface area contributed by atoms with Crippen LogP contribution in [0.25, 0.3) is 0 Å². The van der Waals surface area contributed by atoms with Gasteiger partial charge in [-0.2, -0.15) is 5.10 Å². The van der Waals surface area contributed by atoms with Crippen LogP contribution in [0.15, 0.2) is 53.6 Å². The van der Waals surface area contributed by atoms with Crippen molar-refractivity contribution in [1.82, 2.24) is 20.1 Å². The van der Waals surface area contributed by atoms with Crippen molar-refractivity contribution in [2.75, 3.05) is 33.2 Å². The van der Waals surface area contributed by atoms with Gasteiger partial charge in [0.05, 0.1) is 30.9 Å². The lowest BCUT2D eigenvalue weighted by atomic mass is 10.0. The van der Waals surface area contributed by atoms with Crippen molar-refractivity contribution in [3.8, 4) is 0 Å². The van der Waals surface area contributed by atoms with Crippen LogP contribution in [0.4, 0.5) is 4.79 Å². The van der Waals surface area contributed by atoms with Gasteiger partial charge in [-0.15, -0.1) is 0 Å². The summed E-state index contributed by atoms with van der Waals surface area (Å²) in [6.07, 6.45) is 0. The lowest BCUT2D eigenvalue weighted by molar-refractivity contribution is -0.136. The molecule has 1 fully saturated rings. The molecular formula is C24H28ClN5O2. The maximum Gasteiger partial charge on any atom is 0.338 e. The van der Waals surface area contributed by atoms with Crippen molar-refractivity contribution in [1.29, 1.82) is 0 Å². The third-order valence-electron chi connectivity index (χ3n) is 6.01. The predicted molar refractivity (Wildman–Crippen MR) is 126 cm³/mol. The van der Waals surface area contributed by atoms with E-state index in [4.69, 9.17) is 11.6 Å². The van der Waals surface area contributed by atoms with E-state index in [0.29, 0.717) is 24.7 Å². The highest BCUT2D eigenvalue weighted by Crippen LogP contribution is 2.23. The molecule has 7 nitrogen and oxygen atoms in total. The third-order valence-corrected chi connectivity index (χ3v) is 6.26. The summed E-state index contributed by atoms with van der Waals surface area (Å²) in [5.74, 6) is 0.0559. The van der Waals surface area contributed by atoms with Gasteiger partial charge in [-0.05, 0) is 44.2 Å². The SMILES string of the molecule is Cc1ccc(C2=NN(C(=O)NC(C)c3ccc(Cl)cc3)C[C@H]2N2CCN(C)CC2=O)cc1. The number of benzene rings is 2. The average molecular weight is 454 g/mol. The van der Waals surface area contributed by atoms with E-state index in [9.17, 15) is 9.59 Å². The number of urea groups is 1. The summed E-state index contributed by atoms with van der Waals surface area (Å²) in [7, 11) is 1.94. The summed E-state index contributed by atoms with van der Waals surface area (Å²) in [6, 6.07) is 14.7. The van der Waals surface area contributed by atoms with Crippen LogP contribution < -0.4 is 5.32 Å². The monoisotopic (exact) mass is 453 g/mol. The van der Waals surface area contributed by atoms with Crippen LogP contribution >= 0.6 is 11.6 Å². The van der Waals surface area contributed by atoms with Gasteiger partial charge in [-0.3, -0.25) is 9.69 Å². The first kappa shape index (κ1) is 22.3. The zero-order valence-corrected chi connectivity index (χ0v) is 19.3. The second kappa shape index (κ2) is 9.30. The molecule has 0 aromatic heterocycles. The number of carbonyl (C=O) groups excluding carboxylic acids is 2. The summed E-state index contributed by atoms with van der Waals surface area (Å²) < 4.78 is 0. The number of amides is 3. The van der Waals surface area contributed by atoms with E-state index in [1.54, 1.807) is 12.1 Å². The molecule has 1 unspecified atom stereocenters. The maximum absolute atomic E-state index is 13.1. The Bertz CT molecular complexity index is 1020. The largest absolute Gasteiger partial charge is 0.338 e. The van der Waals surface area contributed by atoms with Crippen molar-refractivity contribution in [3.63, 3.8) is 0 Å². The van der Waals surface area contributed by atoms with Gasteiger partial charge in [0.2, 0.25) is 5.91 Å². The molecule has 168 valence electrons. The Morgan fingerprint density at radius 1 is 1.12 bits per heavy atom. The van der Waals surface area contributed by atoms with E-state index >= 15 is 0 Å². The molecule has 2 atom stereocenters. The standard InChI is InChI=1S/C24H28ClN5O2/c1-16-4-6-19(7-5-16)23-21(29-13-12-28(3)15-22(29)31)14-30(27-23)24(32)26-17(2)18-8-10-20(25)11-9-18/h4-11,17,21H,12-15H2,1-3H3,(H,26,32)/t17?,21-/m1/s1. The molecule has 2 aromatic rings. The van der Waals surface area contributed by atoms with Crippen molar-refractivity contribution in [2.24, 2.45) is 5.10 Å². The fourth-order valence-corrected chi connectivity index (χ4v) is 4.19. The zero-order chi connectivity index (χ0) is 22.8. The van der Waals surface area contributed by atoms with Crippen LogP contribution in [0.3, 0.4) is 0 Å². The Hall–Kier alpha value is -2.90. The van der Waals surface area contributed by atoms with Crippen LogP contribution in [-0.4, -0.2) is 71.7 Å². The van der Waals surface area contributed by atoms with Gasteiger partial charge >= 0.3 is 6.03 Å². The number of piperazine rings is 1. The summed E-state index contributed by atoms with van der Waals surface area (Å²) in [5.41, 5.74) is 3.77. The summed E-state index contributed by atoms with van der Waals surface area (Å²) >= 11 is 5.97. The number of hydrazone groups is 1. The molecule has 2 aliphatic rings. The first-order chi connectivity index (χ1) is 15.3. The molecule has 0 spiro atoms. The normalized spacial score (nSPS) is 20.3. The number of likely N-dealkylation sites (N-methyl/N-ethyl adjacent to an activating group) is 1. The minimum Gasteiger partial charge on any atom is -0.330 e. The lowest BCUT2D eigenvalue weighted by Gasteiger charge is -2.36. The molecule has 1 N–H and O–H groups in total. The van der Waals surface area contributed by atoms with E-state index in [2.05, 4.69) is 10.4 Å². The summed E-state index contributed by atoms with van der Waals surface area (Å²) in [5, 5.41) is 9.77. The van der Waals surface area contributed by atoms with Crippen molar-refractivity contribution in [3.05, 3.63) is 70.2 Å². The number of nitrogens with zero attached hydrogens (tertiary/aromatic N) is 4. The van der Waals surface area contributed by atoms with E-state index in [1.165, 1.54) is 5.01 Å². The van der Waals surface area contributed by atoms with Crippen LogP contribution in [0.1, 0.15) is 29.7 Å². The first-order valence-electron chi connectivity index (χ1n) is 10.8. The average Bonchev–Trinajstić information content (AvgIpc) is 3.20. The summed E-state index contributed by atoms with van der Waals surface area (Å²) in [4.78, 5) is 29.7. The number of carbonyl (C=O) groups is 2. The molecule has 0 saturated carbocycles. The highest BCUT2D eigenvalue weighted by Gasteiger charge is 2.39. The van der Waals surface area contributed by atoms with Gasteiger partial charge < -0.3 is 10.2 Å². The molecule has 2 heterocycles. The number of halogens is 1. The summed E-state index contributed by atoms with van der Waals surface area (Å²) in [6.45, 7) is 6.06. The molecule has 3 amide bonds. The Kier molecular flexibility index (Phi) is 6.48. The van der Waals surface area contributed by atoms with Gasteiger partial charge in [0.25, 0.3) is 0 Å². The second-order valence-electron chi connectivity index (χ2n) is 8.50. The van der Waals surface area contributed by atoms with Crippen LogP contribution in [0, 0.1) is 6.92 Å². The van der Waals surface area contributed by atoms with E-state index in [1.807, 2.05) is 67.1 Å². The Balaban J connectivity index is 1.56. The number of hydrogen-bond acceptors (Lipinski definition) is 4. The number of aryl methyl sites for hydroxylation is 1. The molecule has 2 aliphatic heterocycles. The Labute approximate surface area is 193 Å². The van der Waals surface area contributed by atoms with E-state index in [-0.39, 0.29) is 24.0 Å². The highest BCUT2D eigenvalue weighted by atomic mass is 35.5. The molecule has 2 aromatic carbocycles. The fraction of sp³-hybridized carbons (Fsp3) is 0.375. The number of nitrogens with one attached hydrogen (secondary N) is 1. The van der Waals surface area contributed by atoms with E-state index < -0.39 is 0 Å². The molecule has 4 rings (SSSR count). The first-order valence-corrected chi connectivity index (χ1v) is 11.2. The molecule has 0 aliphatic carbocycles. The second-order valence-corrected chi connectivity index (χ2v) is 8.93. The minimum absolute atomic E-state index is 0.0559. The van der Waals surface area contributed by atoms with Crippen molar-refractivity contribution < 1.29 is 9.59 Å². The van der Waals surface area contributed by atoms with Gasteiger partial charge in [0.15, 0.2) is 0 Å². The molecule has 0 radical (unpaired) electrons. The lowest BCUT2D eigenvalue weighted by Crippen LogP contribution is -2.56. The topological polar surface area (TPSA) is 68.2 Å². The van der Waals surface area contributed by atoms with Crippen LogP contribution in [0.2, 0.25) is 5.02 Å². The fourth-order valence-electron chi connectivity index (χ4n) is 4.06. The van der Waals surface area contributed by atoms with Crippen LogP contribution in [0.5, 0.6) is 0 Å². The van der Waals surface area contributed by atoms with Crippen molar-refractivity contribution in [2.45, 2.75) is 25.9 Å². The van der Waals surface area contributed by atoms with E-state index in [0.717, 1.165) is 28.9 Å². The van der Waals surface area contributed by atoms with Gasteiger partial charge in [-0.1, -0.05) is 53.6 Å². The minimum atomic E-state index is -0.291. The van der Waals surface area contributed by atoms with Gasteiger partial charge in [0.1, 0.15) is 0 Å². The maximum atomic E-state index is 13.1. The quantitative estimate of drug-likeness (QED) is 0.772. The van der Waals surface area contributed by atoms with Gasteiger partial charge in [-0.25, -0.2) is 9.80 Å². The predicted octanol–water partition coefficient (Wildman–Crippen LogP) is 3.28. The molecule has 0 bridgehead atoms. The van der Waals surface area contributed by atoms with Crippen LogP contribution in [-0.2, 0) is 4.79 Å². The zero-order valence-electron chi connectivity index (χ0n) is 18.6. The van der Waals surface area contributed by atoms with Crippen molar-refractivity contribution >= 4 is 29.3 Å². The third kappa shape index (κ3) is 4.79.